The Hall–Kier alpha value is -2.11. The van der Waals surface area contributed by atoms with Crippen LogP contribution in [0.3, 0.4) is 0 Å². The van der Waals surface area contributed by atoms with E-state index >= 15 is 0 Å². The van der Waals surface area contributed by atoms with Crippen LogP contribution in [0.15, 0.2) is 60.8 Å². The fourth-order valence-electron chi connectivity index (χ4n) is 6.27. The third kappa shape index (κ3) is 25.9. The Morgan fingerprint density at radius 3 is 1.70 bits per heavy atom. The first kappa shape index (κ1) is 49.9. The van der Waals surface area contributed by atoms with Gasteiger partial charge in [-0.05, 0) is 77.0 Å². The van der Waals surface area contributed by atoms with Crippen molar-refractivity contribution in [3.63, 3.8) is 0 Å². The number of allylic oxidation sites excluding steroid dienone is 9. The van der Waals surface area contributed by atoms with E-state index in [1.54, 1.807) is 6.08 Å². The summed E-state index contributed by atoms with van der Waals surface area (Å²) in [5.74, 6) is -0.203. The van der Waals surface area contributed by atoms with Gasteiger partial charge in [-0.25, -0.2) is 0 Å². The van der Waals surface area contributed by atoms with E-state index < -0.39 is 49.5 Å². The molecule has 0 saturated carbocycles. The second kappa shape index (κ2) is 35.3. The summed E-state index contributed by atoms with van der Waals surface area (Å²) in [5.41, 5.74) is 0. The molecule has 0 aromatic heterocycles. The van der Waals surface area contributed by atoms with Crippen LogP contribution in [-0.2, 0) is 14.3 Å². The standard InChI is InChI=1S/C45H79NO8/c1-3-5-7-9-11-13-15-17-18-19-20-21-23-25-27-29-31-33-35-41(49)46-38(37-53-45-44(52)43(51)42(50)40(36-47)54-45)39(48)34-32-30-28-26-24-22-16-14-12-10-8-6-4-2/h12-15,18-19,24,26,32,34,38-40,42-45,47-48,50-52H,3-11,16-17,20-23,25,27-31,33,35-37H2,1-2H3,(H,46,49)/b14-12+,15-13-,19-18-,26-24+,34-32+. The van der Waals surface area contributed by atoms with Crippen molar-refractivity contribution in [2.45, 2.75) is 204 Å². The topological polar surface area (TPSA) is 149 Å². The zero-order valence-corrected chi connectivity index (χ0v) is 34.0. The molecule has 54 heavy (non-hydrogen) atoms. The van der Waals surface area contributed by atoms with Gasteiger partial charge < -0.3 is 40.3 Å². The lowest BCUT2D eigenvalue weighted by Gasteiger charge is -2.40. The maximum atomic E-state index is 12.9. The van der Waals surface area contributed by atoms with Gasteiger partial charge in [0, 0.05) is 6.42 Å². The number of carbonyl (C=O) groups excluding carboxylic acids is 1. The Morgan fingerprint density at radius 1 is 0.630 bits per heavy atom. The molecule has 0 spiro atoms. The summed E-state index contributed by atoms with van der Waals surface area (Å²) in [5, 5.41) is 54.0. The number of aliphatic hydroxyl groups excluding tert-OH is 5. The van der Waals surface area contributed by atoms with Gasteiger partial charge in [-0.15, -0.1) is 0 Å². The monoisotopic (exact) mass is 762 g/mol. The molecule has 1 rings (SSSR count). The van der Waals surface area contributed by atoms with Crippen molar-refractivity contribution < 1.29 is 39.8 Å². The molecule has 0 aliphatic carbocycles. The van der Waals surface area contributed by atoms with Crippen LogP contribution in [0, 0.1) is 0 Å². The summed E-state index contributed by atoms with van der Waals surface area (Å²) >= 11 is 0. The van der Waals surface area contributed by atoms with Gasteiger partial charge in [0.2, 0.25) is 5.91 Å². The van der Waals surface area contributed by atoms with E-state index in [1.165, 1.54) is 70.6 Å². The fraction of sp³-hybridized carbons (Fsp3) is 0.756. The van der Waals surface area contributed by atoms with E-state index in [9.17, 15) is 30.3 Å². The molecule has 0 aromatic rings. The average molecular weight is 762 g/mol. The number of hydrogen-bond donors (Lipinski definition) is 6. The minimum atomic E-state index is -1.58. The number of ether oxygens (including phenoxy) is 2. The molecular weight excluding hydrogens is 682 g/mol. The van der Waals surface area contributed by atoms with E-state index in [2.05, 4.69) is 67.8 Å². The molecule has 9 heteroatoms. The largest absolute Gasteiger partial charge is 0.394 e. The van der Waals surface area contributed by atoms with Crippen molar-refractivity contribution in [2.24, 2.45) is 0 Å². The van der Waals surface area contributed by atoms with E-state index in [0.717, 1.165) is 70.6 Å². The Morgan fingerprint density at radius 2 is 1.11 bits per heavy atom. The zero-order chi connectivity index (χ0) is 39.5. The highest BCUT2D eigenvalue weighted by Crippen LogP contribution is 2.22. The number of carbonyl (C=O) groups is 1. The summed E-state index contributed by atoms with van der Waals surface area (Å²) in [6.45, 7) is 3.67. The number of rotatable bonds is 34. The van der Waals surface area contributed by atoms with Gasteiger partial charge in [-0.3, -0.25) is 4.79 Å². The molecule has 1 saturated heterocycles. The van der Waals surface area contributed by atoms with Crippen molar-refractivity contribution in [2.75, 3.05) is 13.2 Å². The van der Waals surface area contributed by atoms with Crippen LogP contribution < -0.4 is 5.32 Å². The number of nitrogens with one attached hydrogen (secondary N) is 1. The average Bonchev–Trinajstić information content (AvgIpc) is 3.17. The lowest BCUT2D eigenvalue weighted by Crippen LogP contribution is -2.60. The number of aliphatic hydroxyl groups is 5. The van der Waals surface area contributed by atoms with Crippen molar-refractivity contribution in [3.8, 4) is 0 Å². The summed E-state index contributed by atoms with van der Waals surface area (Å²) < 4.78 is 11.2. The Labute approximate surface area is 328 Å². The Kier molecular flexibility index (Phi) is 32.6. The molecule has 1 aliphatic heterocycles. The Bertz CT molecular complexity index is 1030. The SMILES string of the molecule is CCCCC/C=C/CC/C=C/CC/C=C/C(O)C(COC1OC(CO)C(O)C(O)C1O)NC(=O)CCCCCCCCC/C=C\C/C=C\CCCCCC. The Balaban J connectivity index is 2.42. The highest BCUT2D eigenvalue weighted by Gasteiger charge is 2.44. The van der Waals surface area contributed by atoms with Gasteiger partial charge >= 0.3 is 0 Å². The molecule has 7 atom stereocenters. The minimum Gasteiger partial charge on any atom is -0.394 e. The van der Waals surface area contributed by atoms with Crippen LogP contribution >= 0.6 is 0 Å². The number of unbranched alkanes of at least 4 members (excludes halogenated alkanes) is 16. The molecule has 0 bridgehead atoms. The third-order valence-electron chi connectivity index (χ3n) is 9.79. The lowest BCUT2D eigenvalue weighted by atomic mass is 9.99. The van der Waals surface area contributed by atoms with E-state index in [0.29, 0.717) is 6.42 Å². The summed E-state index contributed by atoms with van der Waals surface area (Å²) in [7, 11) is 0. The van der Waals surface area contributed by atoms with Crippen LogP contribution in [-0.4, -0.2) is 87.5 Å². The van der Waals surface area contributed by atoms with E-state index in [4.69, 9.17) is 9.47 Å². The van der Waals surface area contributed by atoms with E-state index in [-0.39, 0.29) is 12.5 Å². The van der Waals surface area contributed by atoms with Gasteiger partial charge in [0.15, 0.2) is 6.29 Å². The predicted octanol–water partition coefficient (Wildman–Crippen LogP) is 8.44. The van der Waals surface area contributed by atoms with Gasteiger partial charge in [0.1, 0.15) is 24.4 Å². The number of amides is 1. The molecule has 1 fully saturated rings. The van der Waals surface area contributed by atoms with Crippen LogP contribution in [0.25, 0.3) is 0 Å². The highest BCUT2D eigenvalue weighted by molar-refractivity contribution is 5.76. The molecular formula is C45H79NO8. The van der Waals surface area contributed by atoms with Crippen molar-refractivity contribution in [1.82, 2.24) is 5.32 Å². The normalized spacial score (nSPS) is 22.1. The summed E-state index contributed by atoms with van der Waals surface area (Å²) in [4.78, 5) is 12.9. The second-order valence-electron chi connectivity index (χ2n) is 14.8. The first-order valence-electron chi connectivity index (χ1n) is 21.5. The van der Waals surface area contributed by atoms with Crippen molar-refractivity contribution in [1.29, 1.82) is 0 Å². The van der Waals surface area contributed by atoms with Crippen molar-refractivity contribution in [3.05, 3.63) is 60.8 Å². The van der Waals surface area contributed by atoms with Gasteiger partial charge in [0.05, 0.1) is 25.4 Å². The molecule has 0 radical (unpaired) electrons. The lowest BCUT2D eigenvalue weighted by molar-refractivity contribution is -0.302. The van der Waals surface area contributed by atoms with E-state index in [1.807, 2.05) is 6.08 Å². The molecule has 312 valence electrons. The first-order valence-corrected chi connectivity index (χ1v) is 21.5. The third-order valence-corrected chi connectivity index (χ3v) is 9.79. The molecule has 7 unspecified atom stereocenters. The summed E-state index contributed by atoms with van der Waals surface area (Å²) in [6, 6.07) is -0.832. The van der Waals surface area contributed by atoms with Crippen LogP contribution in [0.5, 0.6) is 0 Å². The smallest absolute Gasteiger partial charge is 0.220 e. The minimum absolute atomic E-state index is 0.203. The molecule has 1 amide bonds. The number of hydrogen-bond acceptors (Lipinski definition) is 8. The maximum absolute atomic E-state index is 12.9. The van der Waals surface area contributed by atoms with Gasteiger partial charge in [0.25, 0.3) is 0 Å². The fourth-order valence-corrected chi connectivity index (χ4v) is 6.27. The molecule has 1 aliphatic rings. The molecule has 6 N–H and O–H groups in total. The van der Waals surface area contributed by atoms with Crippen LogP contribution in [0.2, 0.25) is 0 Å². The van der Waals surface area contributed by atoms with Gasteiger partial charge in [-0.2, -0.15) is 0 Å². The second-order valence-corrected chi connectivity index (χ2v) is 14.8. The van der Waals surface area contributed by atoms with Gasteiger partial charge in [-0.1, -0.05) is 139 Å². The summed E-state index contributed by atoms with van der Waals surface area (Å²) in [6.07, 6.45) is 38.3. The predicted molar refractivity (Wildman–Crippen MR) is 221 cm³/mol. The van der Waals surface area contributed by atoms with Crippen LogP contribution in [0.4, 0.5) is 0 Å². The highest BCUT2D eigenvalue weighted by atomic mass is 16.7. The molecule has 9 nitrogen and oxygen atoms in total. The molecule has 1 heterocycles. The first-order chi connectivity index (χ1) is 26.3. The zero-order valence-electron chi connectivity index (χ0n) is 34.0. The quantitative estimate of drug-likeness (QED) is 0.0283. The maximum Gasteiger partial charge on any atom is 0.220 e. The van der Waals surface area contributed by atoms with Crippen LogP contribution in [0.1, 0.15) is 162 Å². The van der Waals surface area contributed by atoms with Crippen molar-refractivity contribution >= 4 is 5.91 Å². The molecule has 0 aromatic carbocycles.